The number of likely N-dealkylation sites (N-methyl/N-ethyl adjacent to an activating group) is 1. The van der Waals surface area contributed by atoms with E-state index >= 15 is 0 Å². The van der Waals surface area contributed by atoms with Crippen molar-refractivity contribution in [3.8, 4) is 0 Å². The maximum Gasteiger partial charge on any atom is 0.234 e. The lowest BCUT2D eigenvalue weighted by Gasteiger charge is -2.19. The van der Waals surface area contributed by atoms with Crippen LogP contribution in [0.25, 0.3) is 0 Å². The summed E-state index contributed by atoms with van der Waals surface area (Å²) in [5.74, 6) is -0.0167. The summed E-state index contributed by atoms with van der Waals surface area (Å²) in [6, 6.07) is 15.3. The topological polar surface area (TPSA) is 32.3 Å². The molecular weight excluding hydrogens is 331 g/mol. The van der Waals surface area contributed by atoms with Crippen LogP contribution in [0.2, 0.25) is 10.0 Å². The van der Waals surface area contributed by atoms with Gasteiger partial charge < -0.3 is 5.32 Å². The lowest BCUT2D eigenvalue weighted by molar-refractivity contribution is -0.122. The zero-order valence-corrected chi connectivity index (χ0v) is 14.7. The molecule has 0 fully saturated rings. The molecule has 0 aromatic heterocycles. The quantitative estimate of drug-likeness (QED) is 0.842. The SMILES string of the molecule is CC(NC(=O)CN(C)Cc1cc(Cl)cc(Cl)c1)c1ccccc1. The highest BCUT2D eigenvalue weighted by Gasteiger charge is 2.12. The number of amides is 1. The van der Waals surface area contributed by atoms with Gasteiger partial charge in [-0.15, -0.1) is 0 Å². The van der Waals surface area contributed by atoms with Gasteiger partial charge in [0, 0.05) is 16.6 Å². The highest BCUT2D eigenvalue weighted by atomic mass is 35.5. The fourth-order valence-corrected chi connectivity index (χ4v) is 3.00. The van der Waals surface area contributed by atoms with Crippen molar-refractivity contribution < 1.29 is 4.79 Å². The van der Waals surface area contributed by atoms with E-state index in [1.807, 2.05) is 61.3 Å². The molecule has 2 rings (SSSR count). The van der Waals surface area contributed by atoms with E-state index in [-0.39, 0.29) is 11.9 Å². The first-order valence-electron chi connectivity index (χ1n) is 7.42. The molecule has 0 radical (unpaired) electrons. The molecule has 0 saturated carbocycles. The Morgan fingerprint density at radius 2 is 1.74 bits per heavy atom. The molecule has 3 nitrogen and oxygen atoms in total. The monoisotopic (exact) mass is 350 g/mol. The number of nitrogens with zero attached hydrogens (tertiary/aromatic N) is 1. The van der Waals surface area contributed by atoms with Gasteiger partial charge in [-0.2, -0.15) is 0 Å². The van der Waals surface area contributed by atoms with Crippen molar-refractivity contribution in [1.82, 2.24) is 10.2 Å². The summed E-state index contributed by atoms with van der Waals surface area (Å²) >= 11 is 12.0. The maximum absolute atomic E-state index is 12.2. The number of hydrogen-bond donors (Lipinski definition) is 1. The summed E-state index contributed by atoms with van der Waals surface area (Å²) in [5.41, 5.74) is 2.07. The molecule has 5 heteroatoms. The molecule has 2 aromatic carbocycles. The normalized spacial score (nSPS) is 12.2. The fraction of sp³-hybridized carbons (Fsp3) is 0.278. The van der Waals surface area contributed by atoms with Gasteiger partial charge in [0.1, 0.15) is 0 Å². The van der Waals surface area contributed by atoms with Gasteiger partial charge in [-0.3, -0.25) is 9.69 Å². The van der Waals surface area contributed by atoms with Gasteiger partial charge >= 0.3 is 0 Å². The van der Waals surface area contributed by atoms with Crippen LogP contribution in [-0.2, 0) is 11.3 Å². The smallest absolute Gasteiger partial charge is 0.234 e. The van der Waals surface area contributed by atoms with Crippen LogP contribution in [0.5, 0.6) is 0 Å². The number of rotatable bonds is 6. The number of carbonyl (C=O) groups excluding carboxylic acids is 1. The van der Waals surface area contributed by atoms with Crippen molar-refractivity contribution in [2.24, 2.45) is 0 Å². The van der Waals surface area contributed by atoms with Crippen LogP contribution in [0.4, 0.5) is 0 Å². The molecular formula is C18H20Cl2N2O. The third-order valence-electron chi connectivity index (χ3n) is 3.47. The van der Waals surface area contributed by atoms with Crippen LogP contribution >= 0.6 is 23.2 Å². The summed E-state index contributed by atoms with van der Waals surface area (Å²) in [5, 5.41) is 4.20. The summed E-state index contributed by atoms with van der Waals surface area (Å²) in [6.45, 7) is 2.89. The van der Waals surface area contributed by atoms with Crippen molar-refractivity contribution >= 4 is 29.1 Å². The molecule has 0 aliphatic rings. The maximum atomic E-state index is 12.2. The first-order valence-corrected chi connectivity index (χ1v) is 8.17. The Labute approximate surface area is 147 Å². The van der Waals surface area contributed by atoms with Crippen LogP contribution in [-0.4, -0.2) is 24.4 Å². The van der Waals surface area contributed by atoms with Crippen molar-refractivity contribution in [1.29, 1.82) is 0 Å². The minimum atomic E-state index is -0.0167. The van der Waals surface area contributed by atoms with Crippen LogP contribution < -0.4 is 5.32 Å². The average Bonchev–Trinajstić information content (AvgIpc) is 2.46. The van der Waals surface area contributed by atoms with E-state index in [1.54, 1.807) is 6.07 Å². The van der Waals surface area contributed by atoms with Crippen LogP contribution in [0.1, 0.15) is 24.1 Å². The van der Waals surface area contributed by atoms with Gasteiger partial charge in [0.15, 0.2) is 0 Å². The Balaban J connectivity index is 1.87. The number of hydrogen-bond acceptors (Lipinski definition) is 2. The zero-order chi connectivity index (χ0) is 16.8. The Bertz CT molecular complexity index is 641. The Kier molecular flexibility index (Phi) is 6.46. The van der Waals surface area contributed by atoms with Crippen molar-refractivity contribution in [3.63, 3.8) is 0 Å². The average molecular weight is 351 g/mol. The standard InChI is InChI=1S/C18H20Cl2N2O/c1-13(15-6-4-3-5-7-15)21-18(23)12-22(2)11-14-8-16(19)10-17(20)9-14/h3-10,13H,11-12H2,1-2H3,(H,21,23). The summed E-state index contributed by atoms with van der Waals surface area (Å²) in [6.07, 6.45) is 0. The Hall–Kier alpha value is -1.55. The first-order chi connectivity index (χ1) is 10.9. The van der Waals surface area contributed by atoms with E-state index < -0.39 is 0 Å². The predicted octanol–water partition coefficient (Wildman–Crippen LogP) is 4.30. The number of nitrogens with one attached hydrogen (secondary N) is 1. The molecule has 1 atom stereocenters. The van der Waals surface area contributed by atoms with E-state index in [1.165, 1.54) is 0 Å². The molecule has 0 heterocycles. The van der Waals surface area contributed by atoms with Crippen molar-refractivity contribution in [3.05, 3.63) is 69.7 Å². The molecule has 0 bridgehead atoms. The predicted molar refractivity (Wildman–Crippen MR) is 95.8 cm³/mol. The van der Waals surface area contributed by atoms with Gasteiger partial charge in [0.25, 0.3) is 0 Å². The molecule has 0 saturated heterocycles. The lowest BCUT2D eigenvalue weighted by Crippen LogP contribution is -2.36. The minimum Gasteiger partial charge on any atom is -0.348 e. The molecule has 1 N–H and O–H groups in total. The second kappa shape index (κ2) is 8.34. The molecule has 0 spiro atoms. The van der Waals surface area contributed by atoms with E-state index in [0.29, 0.717) is 23.1 Å². The third kappa shape index (κ3) is 5.87. The second-order valence-electron chi connectivity index (χ2n) is 5.65. The molecule has 2 aromatic rings. The summed E-state index contributed by atoms with van der Waals surface area (Å²) in [7, 11) is 1.89. The highest BCUT2D eigenvalue weighted by molar-refractivity contribution is 6.34. The molecule has 23 heavy (non-hydrogen) atoms. The van der Waals surface area contributed by atoms with E-state index in [2.05, 4.69) is 5.32 Å². The fourth-order valence-electron chi connectivity index (χ4n) is 2.43. The molecule has 1 unspecified atom stereocenters. The van der Waals surface area contributed by atoms with Crippen molar-refractivity contribution in [2.75, 3.05) is 13.6 Å². The second-order valence-corrected chi connectivity index (χ2v) is 6.52. The number of benzene rings is 2. The third-order valence-corrected chi connectivity index (χ3v) is 3.90. The van der Waals surface area contributed by atoms with E-state index in [0.717, 1.165) is 11.1 Å². The van der Waals surface area contributed by atoms with Gasteiger partial charge in [-0.05, 0) is 43.3 Å². The Morgan fingerprint density at radius 3 is 2.35 bits per heavy atom. The van der Waals surface area contributed by atoms with Crippen LogP contribution in [0.15, 0.2) is 48.5 Å². The Morgan fingerprint density at radius 1 is 1.13 bits per heavy atom. The zero-order valence-electron chi connectivity index (χ0n) is 13.2. The minimum absolute atomic E-state index is 0.0160. The number of carbonyl (C=O) groups is 1. The van der Waals surface area contributed by atoms with Crippen LogP contribution in [0, 0.1) is 0 Å². The number of halogens is 2. The van der Waals surface area contributed by atoms with Gasteiger partial charge in [0.2, 0.25) is 5.91 Å². The van der Waals surface area contributed by atoms with E-state index in [4.69, 9.17) is 23.2 Å². The molecule has 122 valence electrons. The van der Waals surface area contributed by atoms with Gasteiger partial charge in [0.05, 0.1) is 12.6 Å². The highest BCUT2D eigenvalue weighted by Crippen LogP contribution is 2.20. The summed E-state index contributed by atoms with van der Waals surface area (Å²) in [4.78, 5) is 14.1. The molecule has 0 aliphatic heterocycles. The van der Waals surface area contributed by atoms with Crippen molar-refractivity contribution in [2.45, 2.75) is 19.5 Å². The van der Waals surface area contributed by atoms with Gasteiger partial charge in [-0.25, -0.2) is 0 Å². The lowest BCUT2D eigenvalue weighted by atomic mass is 10.1. The van der Waals surface area contributed by atoms with E-state index in [9.17, 15) is 4.79 Å². The summed E-state index contributed by atoms with van der Waals surface area (Å²) < 4.78 is 0. The first kappa shape index (κ1) is 17.8. The molecule has 0 aliphatic carbocycles. The largest absolute Gasteiger partial charge is 0.348 e. The molecule has 1 amide bonds. The van der Waals surface area contributed by atoms with Crippen LogP contribution in [0.3, 0.4) is 0 Å². The van der Waals surface area contributed by atoms with Gasteiger partial charge in [-0.1, -0.05) is 53.5 Å².